The van der Waals surface area contributed by atoms with Crippen LogP contribution in [0, 0.1) is 5.82 Å². The third-order valence-corrected chi connectivity index (χ3v) is 8.72. The first-order chi connectivity index (χ1) is 21.2. The topological polar surface area (TPSA) is 96.0 Å². The van der Waals surface area contributed by atoms with E-state index in [-0.39, 0.29) is 29.5 Å². The molecule has 0 fully saturated rings. The molecule has 0 bridgehead atoms. The highest BCUT2D eigenvalue weighted by atomic mass is 32.2. The highest BCUT2D eigenvalue weighted by Crippen LogP contribution is 2.26. The van der Waals surface area contributed by atoms with E-state index in [1.807, 2.05) is 37.3 Å². The molecule has 230 valence electrons. The normalized spacial score (nSPS) is 11.8. The van der Waals surface area contributed by atoms with Crippen molar-refractivity contribution in [2.24, 2.45) is 0 Å². The molecule has 4 aromatic rings. The summed E-state index contributed by atoms with van der Waals surface area (Å²) >= 11 is 0. The van der Waals surface area contributed by atoms with Gasteiger partial charge in [0.05, 0.1) is 17.2 Å². The fourth-order valence-corrected chi connectivity index (χ4v) is 6.17. The molecule has 1 N–H and O–H groups in total. The Kier molecular flexibility index (Phi) is 11.1. The van der Waals surface area contributed by atoms with Gasteiger partial charge < -0.3 is 15.0 Å². The van der Waals surface area contributed by atoms with Crippen LogP contribution in [0.3, 0.4) is 0 Å². The number of nitrogens with zero attached hydrogens (tertiary/aromatic N) is 2. The lowest BCUT2D eigenvalue weighted by Crippen LogP contribution is -2.53. The lowest BCUT2D eigenvalue weighted by Gasteiger charge is -2.33. The Labute approximate surface area is 258 Å². The quantitative estimate of drug-likeness (QED) is 0.210. The largest absolute Gasteiger partial charge is 0.494 e. The summed E-state index contributed by atoms with van der Waals surface area (Å²) in [5.74, 6) is -0.898. The first-order valence-electron chi connectivity index (χ1n) is 14.4. The van der Waals surface area contributed by atoms with Crippen molar-refractivity contribution in [3.8, 4) is 5.75 Å². The summed E-state index contributed by atoms with van der Waals surface area (Å²) in [6, 6.07) is 28.3. The number of amides is 2. The molecule has 10 heteroatoms. The van der Waals surface area contributed by atoms with Crippen LogP contribution in [0.1, 0.15) is 25.0 Å². The lowest BCUT2D eigenvalue weighted by molar-refractivity contribution is -0.140. The summed E-state index contributed by atoms with van der Waals surface area (Å²) in [5.41, 5.74) is 1.69. The minimum Gasteiger partial charge on any atom is -0.494 e. The smallest absolute Gasteiger partial charge is 0.264 e. The molecule has 8 nitrogen and oxygen atoms in total. The number of carbonyl (C=O) groups is 2. The van der Waals surface area contributed by atoms with Gasteiger partial charge in [0.15, 0.2) is 0 Å². The van der Waals surface area contributed by atoms with Crippen molar-refractivity contribution < 1.29 is 27.1 Å². The number of rotatable bonds is 14. The van der Waals surface area contributed by atoms with E-state index < -0.39 is 34.3 Å². The van der Waals surface area contributed by atoms with Gasteiger partial charge in [0.25, 0.3) is 10.0 Å². The van der Waals surface area contributed by atoms with Crippen LogP contribution in [0.15, 0.2) is 114 Å². The molecule has 0 aliphatic rings. The maximum Gasteiger partial charge on any atom is 0.264 e. The summed E-state index contributed by atoms with van der Waals surface area (Å²) in [6.07, 6.45) is 0.191. The summed E-state index contributed by atoms with van der Waals surface area (Å²) in [6.45, 7) is 3.76. The number of sulfonamides is 1. The highest BCUT2D eigenvalue weighted by molar-refractivity contribution is 7.92. The summed E-state index contributed by atoms with van der Waals surface area (Å²) in [4.78, 5) is 29.1. The third-order valence-electron chi connectivity index (χ3n) is 6.93. The van der Waals surface area contributed by atoms with Gasteiger partial charge in [-0.25, -0.2) is 12.8 Å². The molecule has 0 spiro atoms. The Morgan fingerprint density at radius 2 is 1.43 bits per heavy atom. The molecule has 0 unspecified atom stereocenters. The van der Waals surface area contributed by atoms with Gasteiger partial charge >= 0.3 is 0 Å². The molecule has 0 aliphatic heterocycles. The van der Waals surface area contributed by atoms with Crippen LogP contribution in [0.5, 0.6) is 5.75 Å². The summed E-state index contributed by atoms with van der Waals surface area (Å²) < 4.78 is 48.4. The molecule has 0 aliphatic carbocycles. The van der Waals surface area contributed by atoms with Gasteiger partial charge in [0, 0.05) is 19.5 Å². The van der Waals surface area contributed by atoms with Gasteiger partial charge in [0.2, 0.25) is 11.8 Å². The van der Waals surface area contributed by atoms with E-state index in [1.54, 1.807) is 61.5 Å². The Morgan fingerprint density at radius 1 is 0.818 bits per heavy atom. The summed E-state index contributed by atoms with van der Waals surface area (Å²) in [5, 5.41) is 2.82. The van der Waals surface area contributed by atoms with Gasteiger partial charge in [-0.2, -0.15) is 0 Å². The molecule has 44 heavy (non-hydrogen) atoms. The Hall–Kier alpha value is -4.70. The van der Waals surface area contributed by atoms with Crippen molar-refractivity contribution in [1.82, 2.24) is 10.2 Å². The molecule has 4 rings (SSSR count). The van der Waals surface area contributed by atoms with Crippen LogP contribution in [0.4, 0.5) is 10.1 Å². The standard InChI is InChI=1S/C34H36FN3O5S/c1-3-36-34(40)32(23-26-11-7-5-8-12-26)37(24-27-15-17-28(35)18-16-27)33(39)25-38(29-13-9-6-10-14-29)44(41,42)31-21-19-30(20-22-31)43-4-2/h5-22,32H,3-4,23-25H2,1-2H3,(H,36,40)/t32-/m1/s1. The zero-order valence-corrected chi connectivity index (χ0v) is 25.5. The van der Waals surface area contributed by atoms with Crippen LogP contribution in [0.2, 0.25) is 0 Å². The fraction of sp³-hybridized carbons (Fsp3) is 0.235. The number of carbonyl (C=O) groups excluding carboxylic acids is 2. The lowest BCUT2D eigenvalue weighted by atomic mass is 10.0. The molecule has 0 aromatic heterocycles. The predicted octanol–water partition coefficient (Wildman–Crippen LogP) is 5.20. The number of benzene rings is 4. The molecular formula is C34H36FN3O5S. The predicted molar refractivity (Wildman–Crippen MR) is 168 cm³/mol. The molecule has 0 saturated heterocycles. The van der Waals surface area contributed by atoms with Crippen LogP contribution >= 0.6 is 0 Å². The van der Waals surface area contributed by atoms with Crippen molar-refractivity contribution in [3.63, 3.8) is 0 Å². The van der Waals surface area contributed by atoms with E-state index >= 15 is 0 Å². The molecule has 0 radical (unpaired) electrons. The maximum absolute atomic E-state index is 14.3. The number of hydrogen-bond donors (Lipinski definition) is 1. The third kappa shape index (κ3) is 8.23. The van der Waals surface area contributed by atoms with Crippen molar-refractivity contribution in [2.45, 2.75) is 37.8 Å². The van der Waals surface area contributed by atoms with Crippen LogP contribution in [-0.2, 0) is 32.6 Å². The minimum absolute atomic E-state index is 0.0211. The van der Waals surface area contributed by atoms with E-state index in [0.717, 1.165) is 9.87 Å². The van der Waals surface area contributed by atoms with Gasteiger partial charge in [-0.3, -0.25) is 13.9 Å². The van der Waals surface area contributed by atoms with Crippen LogP contribution in [0.25, 0.3) is 0 Å². The van der Waals surface area contributed by atoms with E-state index in [0.29, 0.717) is 24.5 Å². The van der Waals surface area contributed by atoms with Gasteiger partial charge in [-0.1, -0.05) is 60.7 Å². The average molecular weight is 618 g/mol. The molecule has 1 atom stereocenters. The summed E-state index contributed by atoms with van der Waals surface area (Å²) in [7, 11) is -4.23. The van der Waals surface area contributed by atoms with Gasteiger partial charge in [-0.05, 0) is 73.5 Å². The highest BCUT2D eigenvalue weighted by Gasteiger charge is 2.34. The van der Waals surface area contributed by atoms with Crippen LogP contribution in [-0.4, -0.2) is 50.9 Å². The second-order valence-electron chi connectivity index (χ2n) is 10.00. The van der Waals surface area contributed by atoms with E-state index in [2.05, 4.69) is 5.32 Å². The number of halogens is 1. The number of nitrogens with one attached hydrogen (secondary N) is 1. The average Bonchev–Trinajstić information content (AvgIpc) is 3.03. The monoisotopic (exact) mass is 617 g/mol. The van der Waals surface area contributed by atoms with E-state index in [4.69, 9.17) is 4.74 Å². The SMILES string of the molecule is CCNC(=O)[C@@H](Cc1ccccc1)N(Cc1ccc(F)cc1)C(=O)CN(c1ccccc1)S(=O)(=O)c1ccc(OCC)cc1. The molecule has 2 amide bonds. The number of ether oxygens (including phenoxy) is 1. The van der Waals surface area contributed by atoms with Crippen molar-refractivity contribution in [3.05, 3.63) is 126 Å². The Bertz CT molecular complexity index is 1620. The first-order valence-corrected chi connectivity index (χ1v) is 15.8. The second kappa shape index (κ2) is 15.2. The number of para-hydroxylation sites is 1. The maximum atomic E-state index is 14.3. The van der Waals surface area contributed by atoms with E-state index in [9.17, 15) is 22.4 Å². The number of likely N-dealkylation sites (N-methyl/N-ethyl adjacent to an activating group) is 1. The van der Waals surface area contributed by atoms with Crippen molar-refractivity contribution in [2.75, 3.05) is 24.0 Å². The van der Waals surface area contributed by atoms with Crippen molar-refractivity contribution in [1.29, 1.82) is 0 Å². The second-order valence-corrected chi connectivity index (χ2v) is 11.9. The molecule has 4 aromatic carbocycles. The molecular weight excluding hydrogens is 581 g/mol. The zero-order valence-electron chi connectivity index (χ0n) is 24.7. The fourth-order valence-electron chi connectivity index (χ4n) is 4.76. The number of hydrogen-bond acceptors (Lipinski definition) is 5. The van der Waals surface area contributed by atoms with Crippen molar-refractivity contribution >= 4 is 27.5 Å². The Morgan fingerprint density at radius 3 is 2.02 bits per heavy atom. The molecule has 0 saturated carbocycles. The Balaban J connectivity index is 1.76. The zero-order chi connectivity index (χ0) is 31.5. The minimum atomic E-state index is -4.23. The number of anilines is 1. The van der Waals surface area contributed by atoms with Crippen LogP contribution < -0.4 is 14.4 Å². The molecule has 0 heterocycles. The first kappa shape index (κ1) is 32.2. The van der Waals surface area contributed by atoms with Gasteiger partial charge in [0.1, 0.15) is 24.2 Å². The van der Waals surface area contributed by atoms with E-state index in [1.165, 1.54) is 29.2 Å². The van der Waals surface area contributed by atoms with Gasteiger partial charge in [-0.15, -0.1) is 0 Å².